The highest BCUT2D eigenvalue weighted by atomic mass is 15.2. The lowest BCUT2D eigenvalue weighted by Crippen LogP contribution is -1.98. The molecule has 0 radical (unpaired) electrons. The van der Waals surface area contributed by atoms with Gasteiger partial charge in [-0.2, -0.15) is 5.10 Å². The van der Waals surface area contributed by atoms with Crippen molar-refractivity contribution in [3.05, 3.63) is 29.8 Å². The fourth-order valence-electron chi connectivity index (χ4n) is 1.66. The lowest BCUT2D eigenvalue weighted by atomic mass is 10.00. The third-order valence-electron chi connectivity index (χ3n) is 2.69. The average molecular weight is 189 g/mol. The van der Waals surface area contributed by atoms with Crippen molar-refractivity contribution in [1.29, 1.82) is 0 Å². The van der Waals surface area contributed by atoms with Gasteiger partial charge in [-0.1, -0.05) is 13.8 Å². The van der Waals surface area contributed by atoms with Crippen LogP contribution in [0.1, 0.15) is 37.4 Å². The summed E-state index contributed by atoms with van der Waals surface area (Å²) in [7, 11) is 0. The van der Waals surface area contributed by atoms with E-state index in [2.05, 4.69) is 30.0 Å². The summed E-state index contributed by atoms with van der Waals surface area (Å²) in [5, 5.41) is 4.34. The van der Waals surface area contributed by atoms with E-state index >= 15 is 0 Å². The van der Waals surface area contributed by atoms with Gasteiger partial charge in [0.2, 0.25) is 0 Å². The maximum atomic E-state index is 4.34. The van der Waals surface area contributed by atoms with Gasteiger partial charge in [-0.15, -0.1) is 0 Å². The molecule has 0 amide bonds. The van der Waals surface area contributed by atoms with Gasteiger partial charge in [0, 0.05) is 6.20 Å². The molecule has 0 fully saturated rings. The van der Waals surface area contributed by atoms with Crippen molar-refractivity contribution in [2.75, 3.05) is 0 Å². The van der Waals surface area contributed by atoms with Crippen molar-refractivity contribution in [2.24, 2.45) is 0 Å². The molecule has 3 nitrogen and oxygen atoms in total. The number of aryl methyl sites for hydroxylation is 1. The molecule has 2 rings (SSSR count). The maximum Gasteiger partial charge on any atom is 0.117 e. The second-order valence-corrected chi connectivity index (χ2v) is 3.77. The topological polar surface area (TPSA) is 30.2 Å². The highest BCUT2D eigenvalue weighted by Crippen LogP contribution is 2.22. The summed E-state index contributed by atoms with van der Waals surface area (Å²) in [6.45, 7) is 6.42. The standard InChI is InChI=1S/C11H15N3/c1-4-8(2)10-6-12-7-14-11(10)5-9(3)13-14/h5-8H,4H2,1-3H3. The smallest absolute Gasteiger partial charge is 0.117 e. The van der Waals surface area contributed by atoms with E-state index in [1.807, 2.05) is 17.6 Å². The summed E-state index contributed by atoms with van der Waals surface area (Å²) in [5.41, 5.74) is 3.52. The summed E-state index contributed by atoms with van der Waals surface area (Å²) in [4.78, 5) is 4.20. The minimum atomic E-state index is 0.544. The summed E-state index contributed by atoms with van der Waals surface area (Å²) >= 11 is 0. The Morgan fingerprint density at radius 2 is 2.29 bits per heavy atom. The Balaban J connectivity index is 2.64. The van der Waals surface area contributed by atoms with E-state index < -0.39 is 0 Å². The van der Waals surface area contributed by atoms with Gasteiger partial charge in [-0.25, -0.2) is 9.50 Å². The SMILES string of the molecule is CCC(C)c1cncn2nc(C)cc12. The molecule has 1 atom stereocenters. The van der Waals surface area contributed by atoms with Crippen LogP contribution in [0.5, 0.6) is 0 Å². The van der Waals surface area contributed by atoms with Crippen LogP contribution in [0.3, 0.4) is 0 Å². The predicted molar refractivity (Wildman–Crippen MR) is 56.4 cm³/mol. The Labute approximate surface area is 83.8 Å². The van der Waals surface area contributed by atoms with Crippen molar-refractivity contribution in [3.63, 3.8) is 0 Å². The molecule has 0 bridgehead atoms. The van der Waals surface area contributed by atoms with Crippen molar-refractivity contribution >= 4 is 5.52 Å². The zero-order valence-electron chi connectivity index (χ0n) is 8.86. The van der Waals surface area contributed by atoms with Crippen LogP contribution in [0.4, 0.5) is 0 Å². The molecule has 14 heavy (non-hydrogen) atoms. The fraction of sp³-hybridized carbons (Fsp3) is 0.455. The number of fused-ring (bicyclic) bond motifs is 1. The Morgan fingerprint density at radius 3 is 3.00 bits per heavy atom. The van der Waals surface area contributed by atoms with E-state index in [9.17, 15) is 0 Å². The highest BCUT2D eigenvalue weighted by Gasteiger charge is 2.09. The Hall–Kier alpha value is -1.38. The van der Waals surface area contributed by atoms with Crippen molar-refractivity contribution in [1.82, 2.24) is 14.6 Å². The van der Waals surface area contributed by atoms with Crippen LogP contribution in [-0.2, 0) is 0 Å². The van der Waals surface area contributed by atoms with Gasteiger partial charge in [0.1, 0.15) is 6.33 Å². The molecule has 74 valence electrons. The lowest BCUT2D eigenvalue weighted by Gasteiger charge is -2.08. The summed E-state index contributed by atoms with van der Waals surface area (Å²) in [6, 6.07) is 2.11. The molecule has 3 heteroatoms. The molecule has 0 aliphatic rings. The first-order valence-electron chi connectivity index (χ1n) is 5.02. The molecule has 0 aliphatic heterocycles. The van der Waals surface area contributed by atoms with E-state index in [0.29, 0.717) is 5.92 Å². The Kier molecular flexibility index (Phi) is 2.23. The van der Waals surface area contributed by atoms with Gasteiger partial charge in [0.25, 0.3) is 0 Å². The molecular weight excluding hydrogens is 174 g/mol. The third-order valence-corrected chi connectivity index (χ3v) is 2.69. The van der Waals surface area contributed by atoms with Gasteiger partial charge in [-0.05, 0) is 30.9 Å². The van der Waals surface area contributed by atoms with Crippen LogP contribution in [-0.4, -0.2) is 14.6 Å². The number of rotatable bonds is 2. The van der Waals surface area contributed by atoms with E-state index in [-0.39, 0.29) is 0 Å². The number of nitrogens with zero attached hydrogens (tertiary/aromatic N) is 3. The first-order chi connectivity index (χ1) is 6.72. The molecule has 0 N–H and O–H groups in total. The zero-order chi connectivity index (χ0) is 10.1. The summed E-state index contributed by atoms with van der Waals surface area (Å²) in [5.74, 6) is 0.544. The zero-order valence-corrected chi connectivity index (χ0v) is 8.86. The molecule has 0 saturated heterocycles. The largest absolute Gasteiger partial charge is 0.244 e. The Bertz CT molecular complexity index is 445. The fourth-order valence-corrected chi connectivity index (χ4v) is 1.66. The minimum absolute atomic E-state index is 0.544. The predicted octanol–water partition coefficient (Wildman–Crippen LogP) is 2.55. The van der Waals surface area contributed by atoms with Gasteiger partial charge in [0.05, 0.1) is 11.2 Å². The van der Waals surface area contributed by atoms with E-state index in [1.165, 1.54) is 11.1 Å². The van der Waals surface area contributed by atoms with Crippen LogP contribution >= 0.6 is 0 Å². The van der Waals surface area contributed by atoms with E-state index in [0.717, 1.165) is 12.1 Å². The molecule has 2 aromatic rings. The first kappa shape index (κ1) is 9.19. The minimum Gasteiger partial charge on any atom is -0.244 e. The van der Waals surface area contributed by atoms with Crippen LogP contribution in [0.25, 0.3) is 5.52 Å². The van der Waals surface area contributed by atoms with E-state index in [4.69, 9.17) is 0 Å². The molecule has 1 unspecified atom stereocenters. The van der Waals surface area contributed by atoms with Gasteiger partial charge in [-0.3, -0.25) is 0 Å². The Morgan fingerprint density at radius 1 is 1.50 bits per heavy atom. The number of hydrogen-bond donors (Lipinski definition) is 0. The molecule has 2 aromatic heterocycles. The van der Waals surface area contributed by atoms with E-state index in [1.54, 1.807) is 6.33 Å². The number of aromatic nitrogens is 3. The van der Waals surface area contributed by atoms with Gasteiger partial charge >= 0.3 is 0 Å². The summed E-state index contributed by atoms with van der Waals surface area (Å²) in [6.07, 6.45) is 4.84. The quantitative estimate of drug-likeness (QED) is 0.726. The maximum absolute atomic E-state index is 4.34. The molecule has 0 aliphatic carbocycles. The van der Waals surface area contributed by atoms with Crippen molar-refractivity contribution < 1.29 is 0 Å². The monoisotopic (exact) mass is 189 g/mol. The normalized spacial score (nSPS) is 13.4. The van der Waals surface area contributed by atoms with Crippen LogP contribution in [0, 0.1) is 6.92 Å². The van der Waals surface area contributed by atoms with Gasteiger partial charge < -0.3 is 0 Å². The number of hydrogen-bond acceptors (Lipinski definition) is 2. The molecule has 0 saturated carbocycles. The molecule has 2 heterocycles. The summed E-state index contributed by atoms with van der Waals surface area (Å²) < 4.78 is 1.86. The average Bonchev–Trinajstić information content (AvgIpc) is 2.56. The van der Waals surface area contributed by atoms with Crippen LogP contribution < -0.4 is 0 Å². The van der Waals surface area contributed by atoms with Crippen molar-refractivity contribution in [2.45, 2.75) is 33.1 Å². The molecule has 0 aromatic carbocycles. The van der Waals surface area contributed by atoms with Gasteiger partial charge in [0.15, 0.2) is 0 Å². The third kappa shape index (κ3) is 1.39. The highest BCUT2D eigenvalue weighted by molar-refractivity contribution is 5.55. The first-order valence-corrected chi connectivity index (χ1v) is 5.02. The molecule has 0 spiro atoms. The van der Waals surface area contributed by atoms with Crippen LogP contribution in [0.2, 0.25) is 0 Å². The second kappa shape index (κ2) is 3.40. The molecular formula is C11H15N3. The van der Waals surface area contributed by atoms with Crippen molar-refractivity contribution in [3.8, 4) is 0 Å². The lowest BCUT2D eigenvalue weighted by molar-refractivity contribution is 0.725. The second-order valence-electron chi connectivity index (χ2n) is 3.77. The van der Waals surface area contributed by atoms with Crippen LogP contribution in [0.15, 0.2) is 18.6 Å².